The fourth-order valence-electron chi connectivity index (χ4n) is 3.09. The lowest BCUT2D eigenvalue weighted by Gasteiger charge is -2.19. The van der Waals surface area contributed by atoms with Crippen LogP contribution in [-0.4, -0.2) is 49.3 Å². The molecule has 1 amide bonds. The van der Waals surface area contributed by atoms with Crippen LogP contribution in [0.25, 0.3) is 0 Å². The van der Waals surface area contributed by atoms with Crippen LogP contribution in [0.2, 0.25) is 0 Å². The first kappa shape index (κ1) is 21.3. The monoisotopic (exact) mass is 375 g/mol. The highest BCUT2D eigenvalue weighted by atomic mass is 16.6. The standard InChI is InChI=1S/C22H33NO4/c1-7-23(8-2)21(24)17-10-11-18(19(15-17)25-6)26-14-13-16(3)9-12-20-22(4,5)27-20/h10-11,13,15,20H,7-9,12,14H2,1-6H3/b16-13+. The van der Waals surface area contributed by atoms with Gasteiger partial charge in [-0.05, 0) is 71.7 Å². The number of methoxy groups -OCH3 is 1. The molecule has 1 atom stereocenters. The minimum Gasteiger partial charge on any atom is -0.493 e. The molecule has 1 aromatic carbocycles. The van der Waals surface area contributed by atoms with Gasteiger partial charge in [0.25, 0.3) is 5.91 Å². The van der Waals surface area contributed by atoms with Gasteiger partial charge in [-0.3, -0.25) is 4.79 Å². The molecule has 5 nitrogen and oxygen atoms in total. The van der Waals surface area contributed by atoms with Gasteiger partial charge in [0.1, 0.15) is 6.61 Å². The number of amides is 1. The molecule has 5 heteroatoms. The van der Waals surface area contributed by atoms with E-state index in [1.165, 1.54) is 5.57 Å². The maximum absolute atomic E-state index is 12.5. The van der Waals surface area contributed by atoms with Gasteiger partial charge in [0.15, 0.2) is 11.5 Å². The van der Waals surface area contributed by atoms with E-state index in [4.69, 9.17) is 14.2 Å². The van der Waals surface area contributed by atoms with Crippen molar-refractivity contribution in [3.63, 3.8) is 0 Å². The molecule has 1 aliphatic rings. The molecule has 1 aliphatic heterocycles. The van der Waals surface area contributed by atoms with Gasteiger partial charge < -0.3 is 19.1 Å². The van der Waals surface area contributed by atoms with E-state index in [9.17, 15) is 4.79 Å². The summed E-state index contributed by atoms with van der Waals surface area (Å²) >= 11 is 0. The van der Waals surface area contributed by atoms with Gasteiger partial charge in [0.05, 0.1) is 18.8 Å². The van der Waals surface area contributed by atoms with Crippen LogP contribution in [0.15, 0.2) is 29.8 Å². The van der Waals surface area contributed by atoms with E-state index in [2.05, 4.69) is 26.8 Å². The first-order chi connectivity index (χ1) is 12.8. The fraction of sp³-hybridized carbons (Fsp3) is 0.591. The Morgan fingerprint density at radius 2 is 1.93 bits per heavy atom. The molecule has 0 radical (unpaired) electrons. The molecule has 1 saturated heterocycles. The van der Waals surface area contributed by atoms with Crippen molar-refractivity contribution in [1.29, 1.82) is 0 Å². The van der Waals surface area contributed by atoms with Crippen molar-refractivity contribution in [2.75, 3.05) is 26.8 Å². The second kappa shape index (κ2) is 9.27. The van der Waals surface area contributed by atoms with Crippen LogP contribution in [0.4, 0.5) is 0 Å². The van der Waals surface area contributed by atoms with Gasteiger partial charge in [-0.15, -0.1) is 0 Å². The van der Waals surface area contributed by atoms with Crippen molar-refractivity contribution < 1.29 is 19.0 Å². The molecule has 0 aromatic heterocycles. The van der Waals surface area contributed by atoms with Gasteiger partial charge in [0, 0.05) is 18.7 Å². The molecular formula is C22H33NO4. The first-order valence-electron chi connectivity index (χ1n) is 9.75. The number of ether oxygens (including phenoxy) is 3. The Morgan fingerprint density at radius 1 is 1.26 bits per heavy atom. The molecule has 150 valence electrons. The Hall–Kier alpha value is -2.01. The lowest BCUT2D eigenvalue weighted by atomic mass is 10.0. The van der Waals surface area contributed by atoms with E-state index in [1.54, 1.807) is 30.2 Å². The van der Waals surface area contributed by atoms with E-state index in [-0.39, 0.29) is 11.5 Å². The second-order valence-corrected chi connectivity index (χ2v) is 7.45. The number of benzene rings is 1. The molecular weight excluding hydrogens is 342 g/mol. The minimum absolute atomic E-state index is 0.00538. The average molecular weight is 376 g/mol. The summed E-state index contributed by atoms with van der Waals surface area (Å²) in [5, 5.41) is 0. The summed E-state index contributed by atoms with van der Waals surface area (Å²) < 4.78 is 16.9. The third-order valence-electron chi connectivity index (χ3n) is 5.10. The lowest BCUT2D eigenvalue weighted by Crippen LogP contribution is -2.30. The molecule has 0 saturated carbocycles. The van der Waals surface area contributed by atoms with Crippen molar-refractivity contribution in [1.82, 2.24) is 4.90 Å². The summed E-state index contributed by atoms with van der Waals surface area (Å²) in [5.74, 6) is 1.22. The quantitative estimate of drug-likeness (QED) is 0.447. The van der Waals surface area contributed by atoms with Crippen LogP contribution in [0, 0.1) is 0 Å². The van der Waals surface area contributed by atoms with Gasteiger partial charge in [-0.25, -0.2) is 0 Å². The molecule has 1 aromatic rings. The zero-order valence-electron chi connectivity index (χ0n) is 17.5. The summed E-state index contributed by atoms with van der Waals surface area (Å²) in [6, 6.07) is 5.35. The lowest BCUT2D eigenvalue weighted by molar-refractivity contribution is 0.0772. The van der Waals surface area contributed by atoms with Gasteiger partial charge in [-0.1, -0.05) is 5.57 Å². The SMILES string of the molecule is CCN(CC)C(=O)c1ccc(OC/C=C(\C)CCC2OC2(C)C)c(OC)c1. The van der Waals surface area contributed by atoms with Gasteiger partial charge in [-0.2, -0.15) is 0 Å². The minimum atomic E-state index is 0.00538. The van der Waals surface area contributed by atoms with Crippen LogP contribution in [-0.2, 0) is 4.74 Å². The highest BCUT2D eigenvalue weighted by Crippen LogP contribution is 2.38. The summed E-state index contributed by atoms with van der Waals surface area (Å²) in [6.07, 6.45) is 4.51. The maximum Gasteiger partial charge on any atom is 0.253 e. The van der Waals surface area contributed by atoms with E-state index >= 15 is 0 Å². The predicted molar refractivity (Wildman–Crippen MR) is 108 cm³/mol. The van der Waals surface area contributed by atoms with E-state index in [1.807, 2.05) is 13.8 Å². The third-order valence-corrected chi connectivity index (χ3v) is 5.10. The molecule has 1 fully saturated rings. The van der Waals surface area contributed by atoms with Crippen molar-refractivity contribution >= 4 is 5.91 Å². The van der Waals surface area contributed by atoms with Crippen molar-refractivity contribution in [2.45, 2.75) is 59.2 Å². The molecule has 0 aliphatic carbocycles. The molecule has 0 bridgehead atoms. The van der Waals surface area contributed by atoms with E-state index in [0.717, 1.165) is 12.8 Å². The maximum atomic E-state index is 12.5. The molecule has 0 spiro atoms. The largest absolute Gasteiger partial charge is 0.493 e. The number of nitrogens with zero attached hydrogens (tertiary/aromatic N) is 1. The summed E-state index contributed by atoms with van der Waals surface area (Å²) in [5.41, 5.74) is 1.95. The average Bonchev–Trinajstić information content (AvgIpc) is 3.27. The first-order valence-corrected chi connectivity index (χ1v) is 9.75. The third kappa shape index (κ3) is 5.73. The van der Waals surface area contributed by atoms with Crippen molar-refractivity contribution in [2.24, 2.45) is 0 Å². The van der Waals surface area contributed by atoms with E-state index < -0.39 is 0 Å². The summed E-state index contributed by atoms with van der Waals surface area (Å²) in [6.45, 7) is 12.2. The zero-order chi connectivity index (χ0) is 20.0. The Bertz CT molecular complexity index is 677. The zero-order valence-corrected chi connectivity index (χ0v) is 17.5. The number of rotatable bonds is 10. The highest BCUT2D eigenvalue weighted by Gasteiger charge is 2.46. The van der Waals surface area contributed by atoms with Gasteiger partial charge in [0.2, 0.25) is 0 Å². The summed E-state index contributed by atoms with van der Waals surface area (Å²) in [7, 11) is 1.59. The normalized spacial score (nSPS) is 18.1. The molecule has 1 heterocycles. The molecule has 2 rings (SSSR count). The molecule has 27 heavy (non-hydrogen) atoms. The number of hydrogen-bond acceptors (Lipinski definition) is 4. The van der Waals surface area contributed by atoms with Crippen LogP contribution in [0.5, 0.6) is 11.5 Å². The number of hydrogen-bond donors (Lipinski definition) is 0. The molecule has 1 unspecified atom stereocenters. The van der Waals surface area contributed by atoms with Crippen LogP contribution in [0.1, 0.15) is 57.8 Å². The Labute approximate surface area is 163 Å². The van der Waals surface area contributed by atoms with E-state index in [0.29, 0.717) is 42.9 Å². The summed E-state index contributed by atoms with van der Waals surface area (Å²) in [4.78, 5) is 14.3. The van der Waals surface area contributed by atoms with Crippen LogP contribution < -0.4 is 9.47 Å². The Balaban J connectivity index is 1.92. The smallest absolute Gasteiger partial charge is 0.253 e. The topological polar surface area (TPSA) is 51.3 Å². The van der Waals surface area contributed by atoms with Crippen LogP contribution >= 0.6 is 0 Å². The number of allylic oxidation sites excluding steroid dienone is 1. The Morgan fingerprint density at radius 3 is 2.48 bits per heavy atom. The van der Waals surface area contributed by atoms with Gasteiger partial charge >= 0.3 is 0 Å². The second-order valence-electron chi connectivity index (χ2n) is 7.45. The predicted octanol–water partition coefficient (Wildman–Crippen LogP) is 4.46. The van der Waals surface area contributed by atoms with Crippen molar-refractivity contribution in [3.8, 4) is 11.5 Å². The number of epoxide rings is 1. The van der Waals surface area contributed by atoms with Crippen LogP contribution in [0.3, 0.4) is 0 Å². The number of carbonyl (C=O) groups is 1. The highest BCUT2D eigenvalue weighted by molar-refractivity contribution is 5.94. The number of carbonyl (C=O) groups excluding carboxylic acids is 1. The van der Waals surface area contributed by atoms with Crippen molar-refractivity contribution in [3.05, 3.63) is 35.4 Å². The Kier molecular flexibility index (Phi) is 7.31. The molecule has 0 N–H and O–H groups in total. The fourth-order valence-corrected chi connectivity index (χ4v) is 3.09.